The number of carbonyl (C=O) groups is 4. The van der Waals surface area contributed by atoms with Crippen LogP contribution >= 0.6 is 15.6 Å². The summed E-state index contributed by atoms with van der Waals surface area (Å²) >= 11 is 0. The van der Waals surface area contributed by atoms with Gasteiger partial charge in [-0.2, -0.15) is 0 Å². The minimum atomic E-state index is -4.97. The summed E-state index contributed by atoms with van der Waals surface area (Å²) < 4.78 is 68.6. The summed E-state index contributed by atoms with van der Waals surface area (Å²) in [6.45, 7) is 9.58. The van der Waals surface area contributed by atoms with Crippen molar-refractivity contribution < 1.29 is 80.2 Å². The third-order valence-corrected chi connectivity index (χ3v) is 19.7. The van der Waals surface area contributed by atoms with Crippen LogP contribution in [0.25, 0.3) is 0 Å². The highest BCUT2D eigenvalue weighted by atomic mass is 31.2. The van der Waals surface area contributed by atoms with Crippen LogP contribution in [0, 0.1) is 11.8 Å². The zero-order valence-electron chi connectivity index (χ0n) is 63.6. The maximum absolute atomic E-state index is 13.1. The molecule has 17 nitrogen and oxygen atoms in total. The Morgan fingerprint density at radius 2 is 0.551 bits per heavy atom. The maximum Gasteiger partial charge on any atom is 0.472 e. The molecule has 0 radical (unpaired) electrons. The summed E-state index contributed by atoms with van der Waals surface area (Å²) in [5.41, 5.74) is 0. The molecule has 19 heteroatoms. The van der Waals surface area contributed by atoms with Gasteiger partial charge >= 0.3 is 39.5 Å². The van der Waals surface area contributed by atoms with Crippen LogP contribution in [-0.4, -0.2) is 96.7 Å². The van der Waals surface area contributed by atoms with Crippen molar-refractivity contribution in [3.05, 3.63) is 24.3 Å². The van der Waals surface area contributed by atoms with Crippen LogP contribution in [0.4, 0.5) is 0 Å². The van der Waals surface area contributed by atoms with Crippen molar-refractivity contribution in [2.24, 2.45) is 11.8 Å². The zero-order valence-corrected chi connectivity index (χ0v) is 65.4. The maximum atomic E-state index is 13.1. The number of rotatable bonds is 76. The van der Waals surface area contributed by atoms with E-state index in [9.17, 15) is 43.2 Å². The molecule has 2 unspecified atom stereocenters. The molecule has 0 aromatic heterocycles. The van der Waals surface area contributed by atoms with Gasteiger partial charge in [-0.3, -0.25) is 37.3 Å². The molecule has 0 aliphatic heterocycles. The molecule has 0 aliphatic carbocycles. The Morgan fingerprint density at radius 1 is 0.316 bits per heavy atom. The van der Waals surface area contributed by atoms with E-state index in [2.05, 4.69) is 65.8 Å². The van der Waals surface area contributed by atoms with E-state index in [-0.39, 0.29) is 25.7 Å². The van der Waals surface area contributed by atoms with Gasteiger partial charge in [-0.25, -0.2) is 9.13 Å². The van der Waals surface area contributed by atoms with Gasteiger partial charge in [-0.05, 0) is 63.2 Å². The van der Waals surface area contributed by atoms with Gasteiger partial charge in [0.05, 0.1) is 26.4 Å². The van der Waals surface area contributed by atoms with Crippen LogP contribution in [0.2, 0.25) is 0 Å². The molecule has 0 aromatic rings. The van der Waals surface area contributed by atoms with Gasteiger partial charge in [0.25, 0.3) is 0 Å². The number of hydrogen-bond acceptors (Lipinski definition) is 15. The van der Waals surface area contributed by atoms with Gasteiger partial charge in [0, 0.05) is 25.7 Å². The molecule has 0 saturated heterocycles. The number of hydrogen-bond donors (Lipinski definition) is 3. The largest absolute Gasteiger partial charge is 0.472 e. The van der Waals surface area contributed by atoms with Crippen LogP contribution in [0.5, 0.6) is 0 Å². The highest BCUT2D eigenvalue weighted by molar-refractivity contribution is 7.47. The van der Waals surface area contributed by atoms with E-state index in [4.69, 9.17) is 37.0 Å². The zero-order chi connectivity index (χ0) is 72.1. The third kappa shape index (κ3) is 71.9. The second-order valence-corrected chi connectivity index (χ2v) is 31.6. The van der Waals surface area contributed by atoms with Crippen LogP contribution < -0.4 is 0 Å². The molecule has 0 saturated carbocycles. The lowest BCUT2D eigenvalue weighted by molar-refractivity contribution is -0.161. The molecule has 578 valence electrons. The fourth-order valence-corrected chi connectivity index (χ4v) is 13.2. The Hall–Kier alpha value is -2.46. The molecular weight excluding hydrogens is 1280 g/mol. The molecule has 0 amide bonds. The number of ether oxygens (including phenoxy) is 4. The minimum Gasteiger partial charge on any atom is -0.462 e. The summed E-state index contributed by atoms with van der Waals surface area (Å²) in [5, 5.41) is 10.6. The lowest BCUT2D eigenvalue weighted by atomic mass is 10.0. The van der Waals surface area contributed by atoms with Crippen molar-refractivity contribution in [2.45, 2.75) is 407 Å². The first-order chi connectivity index (χ1) is 47.4. The molecular formula is C79H150O17P2. The normalized spacial score (nSPS) is 14.1. The van der Waals surface area contributed by atoms with Crippen molar-refractivity contribution in [1.29, 1.82) is 0 Å². The summed E-state index contributed by atoms with van der Waals surface area (Å²) in [4.78, 5) is 72.9. The smallest absolute Gasteiger partial charge is 0.462 e. The summed E-state index contributed by atoms with van der Waals surface area (Å²) in [6, 6.07) is 0. The number of aliphatic hydroxyl groups excluding tert-OH is 1. The molecule has 3 N–H and O–H groups in total. The fraction of sp³-hybridized carbons (Fsp3) is 0.899. The average Bonchev–Trinajstić information content (AvgIpc) is 1.06. The van der Waals surface area contributed by atoms with Crippen molar-refractivity contribution >= 4 is 39.5 Å². The van der Waals surface area contributed by atoms with Crippen LogP contribution in [0.3, 0.4) is 0 Å². The first-order valence-corrected chi connectivity index (χ1v) is 43.3. The van der Waals surface area contributed by atoms with Crippen molar-refractivity contribution in [2.75, 3.05) is 39.6 Å². The average molecular weight is 1430 g/mol. The quantitative estimate of drug-likeness (QED) is 0.0169. The van der Waals surface area contributed by atoms with Crippen molar-refractivity contribution in [3.63, 3.8) is 0 Å². The molecule has 98 heavy (non-hydrogen) atoms. The predicted octanol–water partition coefficient (Wildman–Crippen LogP) is 23.1. The molecule has 0 heterocycles. The van der Waals surface area contributed by atoms with Crippen molar-refractivity contribution in [1.82, 2.24) is 0 Å². The van der Waals surface area contributed by atoms with Crippen LogP contribution in [0.1, 0.15) is 388 Å². The molecule has 0 rings (SSSR count). The first kappa shape index (κ1) is 95.5. The molecule has 0 aliphatic rings. The summed E-state index contributed by atoms with van der Waals surface area (Å²) in [7, 11) is -9.93. The highest BCUT2D eigenvalue weighted by Gasteiger charge is 2.30. The summed E-state index contributed by atoms with van der Waals surface area (Å²) in [5.74, 6) is -0.565. The Morgan fingerprint density at radius 3 is 0.837 bits per heavy atom. The number of esters is 4. The molecule has 0 fully saturated rings. The number of allylic oxidation sites excluding steroid dienone is 4. The van der Waals surface area contributed by atoms with Gasteiger partial charge < -0.3 is 33.8 Å². The van der Waals surface area contributed by atoms with Crippen molar-refractivity contribution in [3.8, 4) is 0 Å². The van der Waals surface area contributed by atoms with E-state index < -0.39 is 97.5 Å². The van der Waals surface area contributed by atoms with Gasteiger partial charge in [0.2, 0.25) is 0 Å². The second kappa shape index (κ2) is 70.2. The Bertz CT molecular complexity index is 1980. The van der Waals surface area contributed by atoms with Crippen LogP contribution in [0.15, 0.2) is 24.3 Å². The van der Waals surface area contributed by atoms with E-state index >= 15 is 0 Å². The Kier molecular flexibility index (Phi) is 68.5. The summed E-state index contributed by atoms with van der Waals surface area (Å²) in [6.07, 6.45) is 61.7. The Balaban J connectivity index is 5.28. The molecule has 5 atom stereocenters. The number of phosphoric acid groups is 2. The highest BCUT2D eigenvalue weighted by Crippen LogP contribution is 2.45. The number of carbonyl (C=O) groups excluding carboxylic acids is 4. The van der Waals surface area contributed by atoms with Crippen LogP contribution in [-0.2, 0) is 65.4 Å². The van der Waals surface area contributed by atoms with E-state index in [0.29, 0.717) is 25.7 Å². The standard InChI is InChI=1S/C79H150O17P2/c1-7-9-11-13-15-17-19-20-22-26-32-38-44-50-56-62-77(82)90-68-75(96-78(83)63-57-51-45-39-33-27-24-21-23-25-30-35-41-47-53-59-71(3)4)70-94-98(87,88)92-66-73(80)65-91-97(85,86)93-69-74(67-89-76(81)61-55-49-43-37-18-16-14-12-10-8-2)95-79(84)64-58-52-46-40-34-29-28-31-36-42-48-54-60-72(5)6/h17,19-20,22,71-75,80H,7-16,18,21,23-70H2,1-6H3,(H,85,86)(H,87,88)/b19-17-,22-20-/t73-,74+,75+/m0/s1. The van der Waals surface area contributed by atoms with Gasteiger partial charge in [-0.1, -0.05) is 336 Å². The minimum absolute atomic E-state index is 0.101. The molecule has 0 aromatic carbocycles. The molecule has 0 bridgehead atoms. The predicted molar refractivity (Wildman–Crippen MR) is 400 cm³/mol. The number of phosphoric ester groups is 2. The fourth-order valence-electron chi connectivity index (χ4n) is 11.6. The van der Waals surface area contributed by atoms with Gasteiger partial charge in [0.15, 0.2) is 12.2 Å². The number of unbranched alkanes of at least 4 members (excludes halogenated alkanes) is 43. The monoisotopic (exact) mass is 1430 g/mol. The van der Waals surface area contributed by atoms with E-state index in [1.807, 2.05) is 0 Å². The van der Waals surface area contributed by atoms with E-state index in [0.717, 1.165) is 121 Å². The number of aliphatic hydroxyl groups is 1. The molecule has 0 spiro atoms. The third-order valence-electron chi connectivity index (χ3n) is 17.8. The first-order valence-electron chi connectivity index (χ1n) is 40.3. The lowest BCUT2D eigenvalue weighted by Gasteiger charge is -2.21. The second-order valence-electron chi connectivity index (χ2n) is 28.7. The SMILES string of the molecule is CCCCCC/C=C\C=C/CCCCCCCC(=O)OC[C@H](COP(=O)(O)OC[C@@H](O)COP(=O)(O)OC[C@@H](COC(=O)CCCCCCCCCCCC)OC(=O)CCCCCCCCCCCCCCC(C)C)OC(=O)CCCCCCCCCCCCCCCCCC(C)C. The van der Waals surface area contributed by atoms with E-state index in [1.165, 1.54) is 186 Å². The topological polar surface area (TPSA) is 237 Å². The van der Waals surface area contributed by atoms with E-state index in [1.54, 1.807) is 0 Å². The lowest BCUT2D eigenvalue weighted by Crippen LogP contribution is -2.30. The Labute approximate surface area is 599 Å². The van der Waals surface area contributed by atoms with Gasteiger partial charge in [-0.15, -0.1) is 0 Å². The van der Waals surface area contributed by atoms with Gasteiger partial charge in [0.1, 0.15) is 19.3 Å².